The molecule has 0 aliphatic heterocycles. The Morgan fingerprint density at radius 1 is 1.28 bits per heavy atom. The summed E-state index contributed by atoms with van der Waals surface area (Å²) in [6, 6.07) is 10.8. The largest absolute Gasteiger partial charge is 0.378 e. The number of aryl methyl sites for hydroxylation is 1. The van der Waals surface area contributed by atoms with Gasteiger partial charge in [-0.1, -0.05) is 12.1 Å². The fraction of sp³-hybridized carbons (Fsp3) is 0.333. The molecule has 0 saturated heterocycles. The SMILES string of the molecule is CN(C)c1cccc(C(N)CCc2ccsc2)c1. The first-order valence-electron chi connectivity index (χ1n) is 6.21. The molecule has 0 aliphatic carbocycles. The predicted octanol–water partition coefficient (Wildman–Crippen LogP) is 3.45. The molecule has 2 nitrogen and oxygen atoms in total. The lowest BCUT2D eigenvalue weighted by atomic mass is 10.0. The third kappa shape index (κ3) is 3.34. The molecular formula is C15H20N2S. The summed E-state index contributed by atoms with van der Waals surface area (Å²) in [5.41, 5.74) is 10.1. The molecule has 96 valence electrons. The molecule has 3 heteroatoms. The zero-order valence-electron chi connectivity index (χ0n) is 11.0. The molecule has 0 saturated carbocycles. The molecule has 0 amide bonds. The third-order valence-corrected chi connectivity index (χ3v) is 3.87. The Hall–Kier alpha value is -1.32. The van der Waals surface area contributed by atoms with Crippen LogP contribution in [0.5, 0.6) is 0 Å². The molecular weight excluding hydrogens is 240 g/mol. The van der Waals surface area contributed by atoms with Crippen molar-refractivity contribution >= 4 is 17.0 Å². The van der Waals surface area contributed by atoms with Gasteiger partial charge in [-0.05, 0) is 52.9 Å². The van der Waals surface area contributed by atoms with E-state index in [1.807, 2.05) is 0 Å². The van der Waals surface area contributed by atoms with E-state index < -0.39 is 0 Å². The first-order chi connectivity index (χ1) is 8.66. The highest BCUT2D eigenvalue weighted by Crippen LogP contribution is 2.21. The average Bonchev–Trinajstić information content (AvgIpc) is 2.89. The minimum Gasteiger partial charge on any atom is -0.378 e. The summed E-state index contributed by atoms with van der Waals surface area (Å²) in [4.78, 5) is 2.11. The van der Waals surface area contributed by atoms with E-state index in [0.29, 0.717) is 0 Å². The topological polar surface area (TPSA) is 29.3 Å². The number of rotatable bonds is 5. The number of thiophene rings is 1. The minimum atomic E-state index is 0.116. The quantitative estimate of drug-likeness (QED) is 0.892. The van der Waals surface area contributed by atoms with Crippen molar-refractivity contribution in [1.82, 2.24) is 0 Å². The lowest BCUT2D eigenvalue weighted by Gasteiger charge is -2.17. The van der Waals surface area contributed by atoms with Gasteiger partial charge in [0.1, 0.15) is 0 Å². The average molecular weight is 260 g/mol. The zero-order valence-corrected chi connectivity index (χ0v) is 11.8. The van der Waals surface area contributed by atoms with E-state index in [4.69, 9.17) is 5.73 Å². The number of nitrogens with zero attached hydrogens (tertiary/aromatic N) is 1. The Morgan fingerprint density at radius 3 is 2.78 bits per heavy atom. The number of nitrogens with two attached hydrogens (primary N) is 1. The molecule has 0 aliphatic rings. The summed E-state index contributed by atoms with van der Waals surface area (Å²) in [6.45, 7) is 0. The molecule has 0 fully saturated rings. The van der Waals surface area contributed by atoms with Crippen molar-refractivity contribution in [3.63, 3.8) is 0 Å². The van der Waals surface area contributed by atoms with Crippen molar-refractivity contribution in [3.8, 4) is 0 Å². The highest BCUT2D eigenvalue weighted by atomic mass is 32.1. The molecule has 0 bridgehead atoms. The van der Waals surface area contributed by atoms with Crippen molar-refractivity contribution in [2.45, 2.75) is 18.9 Å². The minimum absolute atomic E-state index is 0.116. The van der Waals surface area contributed by atoms with Crippen LogP contribution < -0.4 is 10.6 Å². The van der Waals surface area contributed by atoms with Gasteiger partial charge < -0.3 is 10.6 Å². The monoisotopic (exact) mass is 260 g/mol. The molecule has 2 aromatic rings. The van der Waals surface area contributed by atoms with E-state index >= 15 is 0 Å². The number of benzene rings is 1. The number of hydrogen-bond donors (Lipinski definition) is 1. The summed E-state index contributed by atoms with van der Waals surface area (Å²) in [5, 5.41) is 4.32. The van der Waals surface area contributed by atoms with Crippen molar-refractivity contribution in [2.24, 2.45) is 5.73 Å². The second-order valence-electron chi connectivity index (χ2n) is 4.77. The van der Waals surface area contributed by atoms with Gasteiger partial charge in [0, 0.05) is 25.8 Å². The van der Waals surface area contributed by atoms with Gasteiger partial charge in [-0.25, -0.2) is 0 Å². The maximum Gasteiger partial charge on any atom is 0.0364 e. The van der Waals surface area contributed by atoms with E-state index in [2.05, 4.69) is 60.1 Å². The van der Waals surface area contributed by atoms with Gasteiger partial charge >= 0.3 is 0 Å². The van der Waals surface area contributed by atoms with E-state index in [1.165, 1.54) is 16.8 Å². The summed E-state index contributed by atoms with van der Waals surface area (Å²) < 4.78 is 0. The van der Waals surface area contributed by atoms with Gasteiger partial charge in [-0.3, -0.25) is 0 Å². The van der Waals surface area contributed by atoms with Crippen LogP contribution in [0.4, 0.5) is 5.69 Å². The number of anilines is 1. The number of hydrogen-bond acceptors (Lipinski definition) is 3. The fourth-order valence-electron chi connectivity index (χ4n) is 1.96. The second-order valence-corrected chi connectivity index (χ2v) is 5.55. The Bertz CT molecular complexity index is 477. The van der Waals surface area contributed by atoms with Crippen molar-refractivity contribution in [2.75, 3.05) is 19.0 Å². The van der Waals surface area contributed by atoms with Crippen molar-refractivity contribution in [1.29, 1.82) is 0 Å². The molecule has 2 N–H and O–H groups in total. The van der Waals surface area contributed by atoms with E-state index in [-0.39, 0.29) is 6.04 Å². The molecule has 2 rings (SSSR count). The van der Waals surface area contributed by atoms with Crippen LogP contribution in [0, 0.1) is 0 Å². The van der Waals surface area contributed by atoms with Crippen LogP contribution in [0.25, 0.3) is 0 Å². The highest BCUT2D eigenvalue weighted by Gasteiger charge is 2.07. The van der Waals surface area contributed by atoms with Gasteiger partial charge in [0.05, 0.1) is 0 Å². The molecule has 0 spiro atoms. The van der Waals surface area contributed by atoms with Crippen LogP contribution in [0.2, 0.25) is 0 Å². The summed E-state index contributed by atoms with van der Waals surface area (Å²) in [5.74, 6) is 0. The molecule has 1 aromatic carbocycles. The van der Waals surface area contributed by atoms with Gasteiger partial charge in [0.25, 0.3) is 0 Å². The fourth-order valence-corrected chi connectivity index (χ4v) is 2.66. The van der Waals surface area contributed by atoms with Crippen LogP contribution in [0.1, 0.15) is 23.6 Å². The Labute approximate surface area is 113 Å². The van der Waals surface area contributed by atoms with Gasteiger partial charge in [0.2, 0.25) is 0 Å². The molecule has 1 atom stereocenters. The van der Waals surface area contributed by atoms with Gasteiger partial charge in [-0.15, -0.1) is 0 Å². The van der Waals surface area contributed by atoms with Crippen LogP contribution in [-0.4, -0.2) is 14.1 Å². The van der Waals surface area contributed by atoms with E-state index in [9.17, 15) is 0 Å². The molecule has 1 heterocycles. The summed E-state index contributed by atoms with van der Waals surface area (Å²) >= 11 is 1.75. The van der Waals surface area contributed by atoms with Crippen molar-refractivity contribution in [3.05, 3.63) is 52.2 Å². The van der Waals surface area contributed by atoms with Crippen molar-refractivity contribution < 1.29 is 0 Å². The molecule has 18 heavy (non-hydrogen) atoms. The zero-order chi connectivity index (χ0) is 13.0. The van der Waals surface area contributed by atoms with E-state index in [1.54, 1.807) is 11.3 Å². The lowest BCUT2D eigenvalue weighted by molar-refractivity contribution is 0.652. The Morgan fingerprint density at radius 2 is 2.11 bits per heavy atom. The first kappa shape index (κ1) is 13.1. The molecule has 0 radical (unpaired) electrons. The van der Waals surface area contributed by atoms with Gasteiger partial charge in [-0.2, -0.15) is 11.3 Å². The van der Waals surface area contributed by atoms with Crippen LogP contribution >= 0.6 is 11.3 Å². The first-order valence-corrected chi connectivity index (χ1v) is 7.15. The lowest BCUT2D eigenvalue weighted by Crippen LogP contribution is -2.13. The molecule has 1 aromatic heterocycles. The Balaban J connectivity index is 1.99. The molecule has 1 unspecified atom stereocenters. The normalized spacial score (nSPS) is 12.4. The maximum atomic E-state index is 6.27. The summed E-state index contributed by atoms with van der Waals surface area (Å²) in [7, 11) is 4.10. The summed E-state index contributed by atoms with van der Waals surface area (Å²) in [6.07, 6.45) is 2.05. The second kappa shape index (κ2) is 6.03. The standard InChI is InChI=1S/C15H20N2S/c1-17(2)14-5-3-4-13(10-14)15(16)7-6-12-8-9-18-11-12/h3-5,8-11,15H,6-7,16H2,1-2H3. The predicted molar refractivity (Wildman–Crippen MR) is 80.3 cm³/mol. The smallest absolute Gasteiger partial charge is 0.0364 e. The van der Waals surface area contributed by atoms with E-state index in [0.717, 1.165) is 12.8 Å². The highest BCUT2D eigenvalue weighted by molar-refractivity contribution is 7.07. The van der Waals surface area contributed by atoms with Crippen LogP contribution in [0.3, 0.4) is 0 Å². The van der Waals surface area contributed by atoms with Crippen LogP contribution in [-0.2, 0) is 6.42 Å². The Kier molecular flexibility index (Phi) is 4.39. The van der Waals surface area contributed by atoms with Gasteiger partial charge in [0.15, 0.2) is 0 Å². The van der Waals surface area contributed by atoms with Crippen LogP contribution in [0.15, 0.2) is 41.1 Å². The third-order valence-electron chi connectivity index (χ3n) is 3.14. The maximum absolute atomic E-state index is 6.27.